The van der Waals surface area contributed by atoms with E-state index in [1.165, 1.54) is 0 Å². The Bertz CT molecular complexity index is 914. The quantitative estimate of drug-likeness (QED) is 0.680. The number of fused-ring (bicyclic) bond motifs is 3. The first kappa shape index (κ1) is 20.3. The summed E-state index contributed by atoms with van der Waals surface area (Å²) in [5.41, 5.74) is 1.56. The Labute approximate surface area is 180 Å². The van der Waals surface area contributed by atoms with Crippen LogP contribution in [0.2, 0.25) is 5.02 Å². The van der Waals surface area contributed by atoms with Crippen LogP contribution in [0.25, 0.3) is 11.0 Å². The Balaban J connectivity index is 1.35. The number of carbonyl (C=O) groups is 1. The molecule has 4 atom stereocenters. The molecule has 3 fully saturated rings. The van der Waals surface area contributed by atoms with Gasteiger partial charge in [-0.15, -0.1) is 0 Å². The first-order valence-electron chi connectivity index (χ1n) is 10.6. The minimum absolute atomic E-state index is 0.0103. The number of ether oxygens (including phenoxy) is 1. The zero-order valence-corrected chi connectivity index (χ0v) is 17.3. The van der Waals surface area contributed by atoms with Crippen LogP contribution in [0.3, 0.4) is 0 Å². The number of para-hydroxylation sites is 1. The van der Waals surface area contributed by atoms with Gasteiger partial charge < -0.3 is 28.9 Å². The topological polar surface area (TPSA) is 90.2 Å². The molecule has 0 unspecified atom stereocenters. The first-order chi connectivity index (χ1) is 14.6. The molecule has 2 bridgehead atoms. The molecule has 1 amide bonds. The van der Waals surface area contributed by atoms with Crippen molar-refractivity contribution in [1.29, 1.82) is 0 Å². The number of hydrogen-bond donors (Lipinski definition) is 2. The highest BCUT2D eigenvalue weighted by atomic mass is 35.5. The van der Waals surface area contributed by atoms with Crippen molar-refractivity contribution in [2.45, 2.75) is 43.8 Å². The van der Waals surface area contributed by atoms with Gasteiger partial charge in [0.15, 0.2) is 5.58 Å². The van der Waals surface area contributed by atoms with Gasteiger partial charge in [0, 0.05) is 24.5 Å². The summed E-state index contributed by atoms with van der Waals surface area (Å²) in [7, 11) is -0.597. The van der Waals surface area contributed by atoms with E-state index in [-0.39, 0.29) is 36.6 Å². The van der Waals surface area contributed by atoms with Gasteiger partial charge in [0.05, 0.1) is 42.0 Å². The van der Waals surface area contributed by atoms with Crippen LogP contribution in [-0.4, -0.2) is 56.1 Å². The molecule has 7 nitrogen and oxygen atoms in total. The second kappa shape index (κ2) is 8.51. The second-order valence-electron chi connectivity index (χ2n) is 8.50. The number of benzene rings is 1. The number of carbonyl (C=O) groups excluding carboxylic acids is 1. The Hall–Kier alpha value is -1.58. The van der Waals surface area contributed by atoms with Gasteiger partial charge in [-0.25, -0.2) is 0 Å². The molecule has 3 aliphatic rings. The van der Waals surface area contributed by atoms with Gasteiger partial charge in [-0.2, -0.15) is 0 Å². The maximum atomic E-state index is 13.1. The lowest BCUT2D eigenvalue weighted by Gasteiger charge is -2.32. The third kappa shape index (κ3) is 3.87. The predicted molar refractivity (Wildman–Crippen MR) is 111 cm³/mol. The monoisotopic (exact) mass is 433 g/mol. The van der Waals surface area contributed by atoms with Gasteiger partial charge >= 0.3 is 7.12 Å². The maximum absolute atomic E-state index is 13.1. The summed E-state index contributed by atoms with van der Waals surface area (Å²) in [4.78, 5) is 13.1. The molecule has 3 saturated heterocycles. The largest absolute Gasteiger partial charge is 0.481 e. The number of aliphatic hydroxyl groups excluding tert-OH is 1. The molecule has 0 radical (unpaired) electrons. The first-order valence-corrected chi connectivity index (χ1v) is 10.9. The van der Waals surface area contributed by atoms with Crippen molar-refractivity contribution in [2.24, 2.45) is 11.8 Å². The molecule has 4 heterocycles. The van der Waals surface area contributed by atoms with Crippen LogP contribution in [0.4, 0.5) is 0 Å². The third-order valence-electron chi connectivity index (χ3n) is 6.42. The van der Waals surface area contributed by atoms with Crippen LogP contribution in [0.5, 0.6) is 0 Å². The van der Waals surface area contributed by atoms with Crippen molar-refractivity contribution < 1.29 is 28.4 Å². The van der Waals surface area contributed by atoms with Crippen molar-refractivity contribution in [2.75, 3.05) is 19.8 Å². The smallest absolute Gasteiger partial charge is 0.462 e. The molecule has 0 spiro atoms. The zero-order chi connectivity index (χ0) is 20.7. The molecule has 0 aliphatic carbocycles. The van der Waals surface area contributed by atoms with E-state index in [2.05, 4.69) is 5.32 Å². The highest BCUT2D eigenvalue weighted by molar-refractivity contribution is 6.47. The van der Waals surface area contributed by atoms with Gasteiger partial charge in [-0.3, -0.25) is 4.79 Å². The van der Waals surface area contributed by atoms with Crippen molar-refractivity contribution in [3.05, 3.63) is 35.0 Å². The lowest BCUT2D eigenvalue weighted by atomic mass is 9.73. The van der Waals surface area contributed by atoms with E-state index in [1.54, 1.807) is 12.3 Å². The highest BCUT2D eigenvalue weighted by Gasteiger charge is 2.46. The molecule has 0 saturated carbocycles. The third-order valence-corrected chi connectivity index (χ3v) is 6.72. The summed E-state index contributed by atoms with van der Waals surface area (Å²) >= 11 is 6.24. The molecule has 2 N–H and O–H groups in total. The normalized spacial score (nSPS) is 27.7. The van der Waals surface area contributed by atoms with E-state index in [9.17, 15) is 9.90 Å². The lowest BCUT2D eigenvalue weighted by molar-refractivity contribution is -0.127. The zero-order valence-electron chi connectivity index (χ0n) is 16.6. The Kier molecular flexibility index (Phi) is 5.77. The number of nitrogens with one attached hydrogen (secondary N) is 1. The minimum atomic E-state index is -0.597. The fraction of sp³-hybridized carbons (Fsp3) is 0.571. The second-order valence-corrected chi connectivity index (χ2v) is 8.90. The maximum Gasteiger partial charge on any atom is 0.481 e. The van der Waals surface area contributed by atoms with Gasteiger partial charge in [0.2, 0.25) is 5.91 Å². The fourth-order valence-corrected chi connectivity index (χ4v) is 5.00. The van der Waals surface area contributed by atoms with Crippen molar-refractivity contribution >= 4 is 35.6 Å². The van der Waals surface area contributed by atoms with Gasteiger partial charge in [-0.1, -0.05) is 23.7 Å². The molecule has 2 aromatic rings. The fourth-order valence-electron chi connectivity index (χ4n) is 4.78. The average Bonchev–Trinajstić information content (AvgIpc) is 3.50. The van der Waals surface area contributed by atoms with E-state index in [4.69, 9.17) is 30.1 Å². The summed E-state index contributed by atoms with van der Waals surface area (Å²) in [6, 6.07) is 5.62. The molecule has 1 aromatic heterocycles. The number of aliphatic hydroxyl groups is 1. The van der Waals surface area contributed by atoms with Crippen molar-refractivity contribution in [1.82, 2.24) is 5.32 Å². The molecule has 3 aliphatic heterocycles. The van der Waals surface area contributed by atoms with Crippen molar-refractivity contribution in [3.63, 3.8) is 0 Å². The summed E-state index contributed by atoms with van der Waals surface area (Å²) < 4.78 is 23.3. The summed E-state index contributed by atoms with van der Waals surface area (Å²) in [5, 5.41) is 14.0. The number of amides is 1. The molecule has 1 aromatic carbocycles. The van der Waals surface area contributed by atoms with Gasteiger partial charge in [0.25, 0.3) is 0 Å². The average molecular weight is 434 g/mol. The number of hydrogen-bond acceptors (Lipinski definition) is 6. The Morgan fingerprint density at radius 1 is 1.30 bits per heavy atom. The van der Waals surface area contributed by atoms with Crippen LogP contribution in [0, 0.1) is 11.8 Å². The lowest BCUT2D eigenvalue weighted by Crippen LogP contribution is -2.55. The summed E-state index contributed by atoms with van der Waals surface area (Å²) in [5.74, 6) is -0.591. The number of furan rings is 1. The molecule has 5 rings (SSSR count). The van der Waals surface area contributed by atoms with E-state index in [0.717, 1.165) is 30.2 Å². The molecule has 160 valence electrons. The molecule has 9 heteroatoms. The molecule has 30 heavy (non-hydrogen) atoms. The van der Waals surface area contributed by atoms with Crippen LogP contribution in [0.1, 0.15) is 24.8 Å². The van der Waals surface area contributed by atoms with Crippen LogP contribution in [-0.2, 0) is 25.3 Å². The summed E-state index contributed by atoms with van der Waals surface area (Å²) in [6.45, 7) is 0.794. The van der Waals surface area contributed by atoms with Crippen LogP contribution >= 0.6 is 11.6 Å². The highest BCUT2D eigenvalue weighted by Crippen LogP contribution is 2.39. The Morgan fingerprint density at radius 3 is 2.83 bits per heavy atom. The molecular formula is C21H25BClNO6. The van der Waals surface area contributed by atoms with Crippen LogP contribution < -0.4 is 5.32 Å². The number of halogens is 1. The van der Waals surface area contributed by atoms with Crippen LogP contribution in [0.15, 0.2) is 28.9 Å². The standard InChI is InChI=1S/C21H25BClNO6/c23-17-3-1-2-15-13(11-27-20(15)17)6-19(22-28-9-12(8-25)10-29-22)24-21(26)16-7-14-4-5-18(16)30-14/h1-3,11-12,14,16,18-19,25H,4-10H2,(H,24,26)/t14-,16-,18+,19+/m1/s1. The van der Waals surface area contributed by atoms with E-state index in [0.29, 0.717) is 30.2 Å². The van der Waals surface area contributed by atoms with E-state index >= 15 is 0 Å². The molecular weight excluding hydrogens is 408 g/mol. The number of rotatable bonds is 6. The predicted octanol–water partition coefficient (Wildman–Crippen LogP) is 2.36. The minimum Gasteiger partial charge on any atom is -0.462 e. The van der Waals surface area contributed by atoms with Gasteiger partial charge in [-0.05, 0) is 37.3 Å². The van der Waals surface area contributed by atoms with E-state index < -0.39 is 13.1 Å². The summed E-state index contributed by atoms with van der Waals surface area (Å²) in [6.07, 6.45) is 5.12. The van der Waals surface area contributed by atoms with Crippen molar-refractivity contribution in [3.8, 4) is 0 Å². The van der Waals surface area contributed by atoms with Gasteiger partial charge in [0.1, 0.15) is 0 Å². The van der Waals surface area contributed by atoms with E-state index in [1.807, 2.05) is 12.1 Å². The SMILES string of the molecule is O=C(N[C@@H](Cc1coc2c(Cl)cccc12)B1OCC(CO)CO1)[C@@H]1C[C@H]2CC[C@@H]1O2. The Morgan fingerprint density at radius 2 is 2.13 bits per heavy atom.